The summed E-state index contributed by atoms with van der Waals surface area (Å²) in [5, 5.41) is -0.310. The van der Waals surface area contributed by atoms with Crippen LogP contribution in [0, 0.1) is 0 Å². The predicted octanol–water partition coefficient (Wildman–Crippen LogP) is -0.178. The van der Waals surface area contributed by atoms with Gasteiger partial charge in [0, 0.05) is 25.8 Å². The van der Waals surface area contributed by atoms with Crippen molar-refractivity contribution in [2.24, 2.45) is 5.73 Å². The molecular formula is C9H20N2O3S. The van der Waals surface area contributed by atoms with Crippen molar-refractivity contribution in [3.8, 4) is 0 Å². The molecule has 90 valence electrons. The van der Waals surface area contributed by atoms with Gasteiger partial charge in [-0.3, -0.25) is 0 Å². The van der Waals surface area contributed by atoms with Crippen molar-refractivity contribution >= 4 is 10.0 Å². The number of nitrogens with two attached hydrogens (primary N) is 1. The SMILES string of the molecule is CCC(N)CNS(=O)(=O)C1CCOCC1. The number of sulfonamides is 1. The highest BCUT2D eigenvalue weighted by Crippen LogP contribution is 2.14. The first kappa shape index (κ1) is 12.9. The molecule has 1 fully saturated rings. The van der Waals surface area contributed by atoms with Gasteiger partial charge in [-0.15, -0.1) is 0 Å². The second-order valence-electron chi connectivity index (χ2n) is 3.87. The lowest BCUT2D eigenvalue weighted by molar-refractivity contribution is 0.0981. The van der Waals surface area contributed by atoms with Gasteiger partial charge in [0.2, 0.25) is 10.0 Å². The normalized spacial score (nSPS) is 21.5. The molecule has 0 aromatic carbocycles. The maximum atomic E-state index is 11.8. The Kier molecular flexibility index (Phi) is 4.98. The second-order valence-corrected chi connectivity index (χ2v) is 5.92. The van der Waals surface area contributed by atoms with Crippen molar-refractivity contribution in [3.05, 3.63) is 0 Å². The van der Waals surface area contributed by atoms with Gasteiger partial charge >= 0.3 is 0 Å². The highest BCUT2D eigenvalue weighted by atomic mass is 32.2. The first-order chi connectivity index (χ1) is 7.06. The van der Waals surface area contributed by atoms with E-state index in [9.17, 15) is 8.42 Å². The highest BCUT2D eigenvalue weighted by Gasteiger charge is 2.27. The van der Waals surface area contributed by atoms with Crippen molar-refractivity contribution in [2.75, 3.05) is 19.8 Å². The molecule has 1 saturated heterocycles. The maximum Gasteiger partial charge on any atom is 0.214 e. The van der Waals surface area contributed by atoms with Crippen molar-refractivity contribution in [2.45, 2.75) is 37.5 Å². The second kappa shape index (κ2) is 5.79. The van der Waals surface area contributed by atoms with E-state index in [1.54, 1.807) is 0 Å². The molecule has 3 N–H and O–H groups in total. The lowest BCUT2D eigenvalue weighted by Gasteiger charge is -2.23. The Bertz CT molecular complexity index is 273. The lowest BCUT2D eigenvalue weighted by Crippen LogP contribution is -2.43. The Morgan fingerprint density at radius 3 is 2.60 bits per heavy atom. The summed E-state index contributed by atoms with van der Waals surface area (Å²) in [6.45, 7) is 3.33. The molecule has 1 atom stereocenters. The smallest absolute Gasteiger partial charge is 0.214 e. The quantitative estimate of drug-likeness (QED) is 0.694. The van der Waals surface area contributed by atoms with Gasteiger partial charge in [0.05, 0.1) is 5.25 Å². The van der Waals surface area contributed by atoms with Crippen LogP contribution in [-0.2, 0) is 14.8 Å². The topological polar surface area (TPSA) is 81.4 Å². The zero-order valence-electron chi connectivity index (χ0n) is 9.11. The number of ether oxygens (including phenoxy) is 1. The fraction of sp³-hybridized carbons (Fsp3) is 1.00. The third-order valence-electron chi connectivity index (χ3n) is 2.68. The van der Waals surface area contributed by atoms with Crippen LogP contribution in [0.2, 0.25) is 0 Å². The minimum Gasteiger partial charge on any atom is -0.381 e. The van der Waals surface area contributed by atoms with Crippen LogP contribution in [0.3, 0.4) is 0 Å². The van der Waals surface area contributed by atoms with Gasteiger partial charge in [0.15, 0.2) is 0 Å². The van der Waals surface area contributed by atoms with E-state index < -0.39 is 10.0 Å². The zero-order valence-corrected chi connectivity index (χ0v) is 9.92. The fourth-order valence-electron chi connectivity index (χ4n) is 1.47. The summed E-state index contributed by atoms with van der Waals surface area (Å²) in [7, 11) is -3.20. The van der Waals surface area contributed by atoms with Crippen molar-refractivity contribution in [3.63, 3.8) is 0 Å². The molecule has 0 amide bonds. The summed E-state index contributed by atoms with van der Waals surface area (Å²) >= 11 is 0. The van der Waals surface area contributed by atoms with E-state index in [2.05, 4.69) is 4.72 Å². The minimum atomic E-state index is -3.20. The Morgan fingerprint density at radius 2 is 2.07 bits per heavy atom. The van der Waals surface area contributed by atoms with Crippen LogP contribution in [-0.4, -0.2) is 39.5 Å². The average Bonchev–Trinajstić information content (AvgIpc) is 2.27. The van der Waals surface area contributed by atoms with Crippen LogP contribution in [0.4, 0.5) is 0 Å². The van der Waals surface area contributed by atoms with E-state index in [0.717, 1.165) is 6.42 Å². The lowest BCUT2D eigenvalue weighted by atomic mass is 10.2. The van der Waals surface area contributed by atoms with Gasteiger partial charge in [0.25, 0.3) is 0 Å². The van der Waals surface area contributed by atoms with Gasteiger partial charge < -0.3 is 10.5 Å². The van der Waals surface area contributed by atoms with E-state index in [0.29, 0.717) is 32.6 Å². The largest absolute Gasteiger partial charge is 0.381 e. The zero-order chi connectivity index (χ0) is 11.3. The van der Waals surface area contributed by atoms with E-state index in [1.807, 2.05) is 6.92 Å². The van der Waals surface area contributed by atoms with Crippen molar-refractivity contribution in [1.82, 2.24) is 4.72 Å². The number of hydrogen-bond donors (Lipinski definition) is 2. The summed E-state index contributed by atoms with van der Waals surface area (Å²) in [6.07, 6.45) is 1.93. The molecule has 1 rings (SSSR count). The first-order valence-electron chi connectivity index (χ1n) is 5.38. The number of nitrogens with one attached hydrogen (secondary N) is 1. The van der Waals surface area contributed by atoms with Crippen LogP contribution < -0.4 is 10.5 Å². The maximum absolute atomic E-state index is 11.8. The molecule has 5 nitrogen and oxygen atoms in total. The summed E-state index contributed by atoms with van der Waals surface area (Å²) in [4.78, 5) is 0. The molecule has 1 heterocycles. The van der Waals surface area contributed by atoms with Gasteiger partial charge in [-0.05, 0) is 19.3 Å². The summed E-state index contributed by atoms with van der Waals surface area (Å²) in [5.74, 6) is 0. The van der Waals surface area contributed by atoms with Gasteiger partial charge in [-0.2, -0.15) is 0 Å². The summed E-state index contributed by atoms with van der Waals surface area (Å²) in [6, 6.07) is -0.0976. The standard InChI is InChI=1S/C9H20N2O3S/c1-2-8(10)7-11-15(12,13)9-3-5-14-6-4-9/h8-9,11H,2-7,10H2,1H3. The van der Waals surface area contributed by atoms with Crippen molar-refractivity contribution in [1.29, 1.82) is 0 Å². The first-order valence-corrected chi connectivity index (χ1v) is 6.92. The Balaban J connectivity index is 2.43. The van der Waals surface area contributed by atoms with Crippen LogP contribution in [0.1, 0.15) is 26.2 Å². The average molecular weight is 236 g/mol. The minimum absolute atomic E-state index is 0.0976. The van der Waals surface area contributed by atoms with Crippen molar-refractivity contribution < 1.29 is 13.2 Å². The van der Waals surface area contributed by atoms with Crippen LogP contribution in [0.15, 0.2) is 0 Å². The van der Waals surface area contributed by atoms with E-state index >= 15 is 0 Å². The molecule has 0 aromatic rings. The summed E-state index contributed by atoms with van der Waals surface area (Å²) in [5.41, 5.74) is 5.66. The third-order valence-corrected chi connectivity index (χ3v) is 4.60. The molecule has 1 unspecified atom stereocenters. The Morgan fingerprint density at radius 1 is 1.47 bits per heavy atom. The molecular weight excluding hydrogens is 216 g/mol. The molecule has 0 aromatic heterocycles. The fourth-order valence-corrected chi connectivity index (χ4v) is 2.97. The van der Waals surface area contributed by atoms with E-state index in [1.165, 1.54) is 0 Å². The van der Waals surface area contributed by atoms with Gasteiger partial charge in [-0.1, -0.05) is 6.92 Å². The number of rotatable bonds is 5. The molecule has 1 aliphatic rings. The van der Waals surface area contributed by atoms with Crippen LogP contribution in [0.25, 0.3) is 0 Å². The molecule has 0 bridgehead atoms. The highest BCUT2D eigenvalue weighted by molar-refractivity contribution is 7.90. The molecule has 0 radical (unpaired) electrons. The number of hydrogen-bond acceptors (Lipinski definition) is 4. The van der Waals surface area contributed by atoms with E-state index in [-0.39, 0.29) is 11.3 Å². The molecule has 1 aliphatic heterocycles. The molecule has 0 aliphatic carbocycles. The third kappa shape index (κ3) is 4.06. The molecule has 0 saturated carbocycles. The summed E-state index contributed by atoms with van der Waals surface area (Å²) < 4.78 is 31.3. The Hall–Kier alpha value is -0.170. The van der Waals surface area contributed by atoms with E-state index in [4.69, 9.17) is 10.5 Å². The molecule has 15 heavy (non-hydrogen) atoms. The molecule has 6 heteroatoms. The van der Waals surface area contributed by atoms with Crippen LogP contribution in [0.5, 0.6) is 0 Å². The molecule has 0 spiro atoms. The monoisotopic (exact) mass is 236 g/mol. The van der Waals surface area contributed by atoms with Crippen LogP contribution >= 0.6 is 0 Å². The predicted molar refractivity (Wildman–Crippen MR) is 59.0 cm³/mol. The van der Waals surface area contributed by atoms with Gasteiger partial charge in [0.1, 0.15) is 0 Å². The Labute approximate surface area is 91.4 Å². The van der Waals surface area contributed by atoms with Gasteiger partial charge in [-0.25, -0.2) is 13.1 Å².